The molecule has 2 amide bonds. The fraction of sp³-hybridized carbons (Fsp3) is 0.273. The van der Waals surface area contributed by atoms with Crippen molar-refractivity contribution in [2.24, 2.45) is 0 Å². The zero-order valence-corrected chi connectivity index (χ0v) is 16.8. The van der Waals surface area contributed by atoms with Gasteiger partial charge in [0, 0.05) is 30.5 Å². The molecule has 28 heavy (non-hydrogen) atoms. The second kappa shape index (κ2) is 9.04. The van der Waals surface area contributed by atoms with Crippen LogP contribution in [0.5, 0.6) is 0 Å². The molecule has 0 radical (unpaired) electrons. The summed E-state index contributed by atoms with van der Waals surface area (Å²) in [5.41, 5.74) is 3.17. The normalized spacial score (nSPS) is 14.2. The fourth-order valence-corrected chi connectivity index (χ4v) is 3.16. The van der Waals surface area contributed by atoms with Crippen LogP contribution in [0.2, 0.25) is 5.02 Å². The van der Waals surface area contributed by atoms with Crippen molar-refractivity contribution in [2.45, 2.75) is 20.3 Å². The highest BCUT2D eigenvalue weighted by Crippen LogP contribution is 2.31. The monoisotopic (exact) mass is 398 g/mol. The highest BCUT2D eigenvalue weighted by atomic mass is 35.5. The predicted molar refractivity (Wildman–Crippen MR) is 111 cm³/mol. The Kier molecular flexibility index (Phi) is 6.49. The van der Waals surface area contributed by atoms with Crippen molar-refractivity contribution in [3.05, 3.63) is 70.4 Å². The van der Waals surface area contributed by atoms with E-state index in [1.54, 1.807) is 24.3 Å². The molecule has 0 atom stereocenters. The molecule has 1 aliphatic rings. The van der Waals surface area contributed by atoms with E-state index in [1.807, 2.05) is 38.1 Å². The van der Waals surface area contributed by atoms with E-state index in [-0.39, 0.29) is 17.5 Å². The van der Waals surface area contributed by atoms with Gasteiger partial charge in [0.25, 0.3) is 11.8 Å². The number of benzene rings is 2. The maximum Gasteiger partial charge on any atom is 0.278 e. The molecule has 0 aliphatic carbocycles. The first kappa shape index (κ1) is 20.1. The van der Waals surface area contributed by atoms with Gasteiger partial charge in [-0.1, -0.05) is 41.4 Å². The zero-order valence-electron chi connectivity index (χ0n) is 16.0. The number of nitrogens with one attached hydrogen (secondary N) is 1. The summed E-state index contributed by atoms with van der Waals surface area (Å²) < 4.78 is 5.33. The average Bonchev–Trinajstić information content (AvgIpc) is 2.92. The molecular formula is C22H23ClN2O3. The number of hydrogen-bond acceptors (Lipinski definition) is 4. The minimum atomic E-state index is -0.327. The summed E-state index contributed by atoms with van der Waals surface area (Å²) in [4.78, 5) is 27.3. The molecule has 0 unspecified atom stereocenters. The van der Waals surface area contributed by atoms with Crippen LogP contribution < -0.4 is 5.32 Å². The van der Waals surface area contributed by atoms with Crippen molar-refractivity contribution in [2.75, 3.05) is 25.1 Å². The quantitative estimate of drug-likeness (QED) is 0.533. The summed E-state index contributed by atoms with van der Waals surface area (Å²) in [6.45, 7) is 5.33. The summed E-state index contributed by atoms with van der Waals surface area (Å²) in [6, 6.07) is 14.6. The number of carbonyl (C=O) groups is 2. The van der Waals surface area contributed by atoms with Crippen LogP contribution >= 0.6 is 11.6 Å². The van der Waals surface area contributed by atoms with E-state index < -0.39 is 0 Å². The molecule has 2 aromatic rings. The van der Waals surface area contributed by atoms with Crippen molar-refractivity contribution >= 4 is 34.7 Å². The molecule has 1 aliphatic heterocycles. The lowest BCUT2D eigenvalue weighted by Gasteiger charge is -2.15. The molecular weight excluding hydrogens is 376 g/mol. The largest absolute Gasteiger partial charge is 0.382 e. The number of imide groups is 1. The van der Waals surface area contributed by atoms with E-state index in [4.69, 9.17) is 16.3 Å². The molecule has 1 heterocycles. The second-order valence-corrected chi connectivity index (χ2v) is 7.00. The number of nitrogens with zero attached hydrogens (tertiary/aromatic N) is 1. The number of aryl methyl sites for hydroxylation is 1. The lowest BCUT2D eigenvalue weighted by Crippen LogP contribution is -2.34. The van der Waals surface area contributed by atoms with Gasteiger partial charge in [0.05, 0.1) is 5.57 Å². The number of ether oxygens (including phenoxy) is 1. The number of halogens is 1. The van der Waals surface area contributed by atoms with Crippen molar-refractivity contribution < 1.29 is 14.3 Å². The van der Waals surface area contributed by atoms with Gasteiger partial charge in [-0.25, -0.2) is 0 Å². The number of hydrogen-bond donors (Lipinski definition) is 1. The molecule has 5 nitrogen and oxygen atoms in total. The molecule has 0 spiro atoms. The fourth-order valence-electron chi connectivity index (χ4n) is 3.03. The van der Waals surface area contributed by atoms with Gasteiger partial charge in [-0.2, -0.15) is 0 Å². The van der Waals surface area contributed by atoms with E-state index in [9.17, 15) is 9.59 Å². The van der Waals surface area contributed by atoms with Crippen LogP contribution in [-0.2, 0) is 14.3 Å². The van der Waals surface area contributed by atoms with Crippen LogP contribution in [0, 0.1) is 6.92 Å². The first-order valence-electron chi connectivity index (χ1n) is 9.29. The molecule has 3 rings (SSSR count). The molecule has 1 N–H and O–H groups in total. The maximum atomic E-state index is 13.1. The Morgan fingerprint density at radius 2 is 1.68 bits per heavy atom. The van der Waals surface area contributed by atoms with Crippen LogP contribution in [-0.4, -0.2) is 36.5 Å². The Hall–Kier alpha value is -2.63. The summed E-state index contributed by atoms with van der Waals surface area (Å²) >= 11 is 5.98. The van der Waals surface area contributed by atoms with Crippen molar-refractivity contribution in [1.29, 1.82) is 0 Å². The van der Waals surface area contributed by atoms with E-state index >= 15 is 0 Å². The minimum Gasteiger partial charge on any atom is -0.382 e. The SMILES string of the molecule is CCOCCCN1C(=O)C(Nc2ccc(C)cc2)=C(c2ccc(Cl)cc2)C1=O. The highest BCUT2D eigenvalue weighted by molar-refractivity contribution is 6.36. The second-order valence-electron chi connectivity index (χ2n) is 6.56. The summed E-state index contributed by atoms with van der Waals surface area (Å²) in [6.07, 6.45) is 0.594. The van der Waals surface area contributed by atoms with E-state index in [0.717, 1.165) is 11.3 Å². The molecule has 0 saturated carbocycles. The molecule has 6 heteroatoms. The van der Waals surface area contributed by atoms with Gasteiger partial charge in [0.15, 0.2) is 0 Å². The van der Waals surface area contributed by atoms with Crippen LogP contribution in [0.25, 0.3) is 5.57 Å². The zero-order chi connectivity index (χ0) is 20.1. The highest BCUT2D eigenvalue weighted by Gasteiger charge is 2.38. The van der Waals surface area contributed by atoms with Gasteiger partial charge in [-0.15, -0.1) is 0 Å². The number of rotatable bonds is 8. The first-order valence-corrected chi connectivity index (χ1v) is 9.67. The topological polar surface area (TPSA) is 58.6 Å². The Labute approximate surface area is 169 Å². The Balaban J connectivity index is 1.92. The number of amides is 2. The van der Waals surface area contributed by atoms with Crippen molar-refractivity contribution in [1.82, 2.24) is 4.90 Å². The van der Waals surface area contributed by atoms with Gasteiger partial charge in [0.2, 0.25) is 0 Å². The molecule has 0 fully saturated rings. The Bertz CT molecular complexity index is 889. The lowest BCUT2D eigenvalue weighted by molar-refractivity contribution is -0.137. The van der Waals surface area contributed by atoms with Crippen LogP contribution in [0.1, 0.15) is 24.5 Å². The third kappa shape index (κ3) is 4.43. The number of anilines is 1. The van der Waals surface area contributed by atoms with Crippen LogP contribution in [0.3, 0.4) is 0 Å². The lowest BCUT2D eigenvalue weighted by atomic mass is 10.0. The molecule has 0 bridgehead atoms. The van der Waals surface area contributed by atoms with Gasteiger partial charge in [0.1, 0.15) is 5.70 Å². The standard InChI is InChI=1S/C22H23ClN2O3/c1-3-28-14-4-13-25-21(26)19(16-7-9-17(23)10-8-16)20(22(25)27)24-18-11-5-15(2)6-12-18/h5-12,24H,3-4,13-14H2,1-2H3. The minimum absolute atomic E-state index is 0.285. The van der Waals surface area contributed by atoms with Crippen molar-refractivity contribution in [3.8, 4) is 0 Å². The molecule has 0 aromatic heterocycles. The summed E-state index contributed by atoms with van der Waals surface area (Å²) in [7, 11) is 0. The van der Waals surface area contributed by atoms with E-state index in [1.165, 1.54) is 4.90 Å². The third-order valence-electron chi connectivity index (χ3n) is 4.50. The summed E-state index contributed by atoms with van der Waals surface area (Å²) in [5.74, 6) is -0.634. The smallest absolute Gasteiger partial charge is 0.278 e. The van der Waals surface area contributed by atoms with Gasteiger partial charge in [-0.05, 0) is 50.1 Å². The number of carbonyl (C=O) groups excluding carboxylic acids is 2. The van der Waals surface area contributed by atoms with Gasteiger partial charge >= 0.3 is 0 Å². The van der Waals surface area contributed by atoms with Crippen LogP contribution in [0.15, 0.2) is 54.2 Å². The Morgan fingerprint density at radius 3 is 2.32 bits per heavy atom. The predicted octanol–water partition coefficient (Wildman–Crippen LogP) is 4.27. The summed E-state index contributed by atoms with van der Waals surface area (Å²) in [5, 5.41) is 3.72. The third-order valence-corrected chi connectivity index (χ3v) is 4.75. The van der Waals surface area contributed by atoms with Crippen molar-refractivity contribution in [3.63, 3.8) is 0 Å². The van der Waals surface area contributed by atoms with Crippen LogP contribution in [0.4, 0.5) is 5.69 Å². The maximum absolute atomic E-state index is 13.1. The van der Waals surface area contributed by atoms with E-state index in [0.29, 0.717) is 42.3 Å². The molecule has 146 valence electrons. The van der Waals surface area contributed by atoms with Gasteiger partial charge < -0.3 is 10.1 Å². The average molecular weight is 399 g/mol. The molecule has 0 saturated heterocycles. The van der Waals surface area contributed by atoms with E-state index in [2.05, 4.69) is 5.32 Å². The Morgan fingerprint density at radius 1 is 1.00 bits per heavy atom. The molecule has 2 aromatic carbocycles. The first-order chi connectivity index (χ1) is 13.5. The van der Waals surface area contributed by atoms with Gasteiger partial charge in [-0.3, -0.25) is 14.5 Å².